The minimum atomic E-state index is -4.95. The van der Waals surface area contributed by atoms with E-state index < -0.39 is 15.8 Å². The second kappa shape index (κ2) is 9.65. The minimum Gasteiger partial charge on any atom is -0.494 e. The first-order valence-electron chi connectivity index (χ1n) is 8.39. The van der Waals surface area contributed by atoms with E-state index in [4.69, 9.17) is 4.74 Å². The van der Waals surface area contributed by atoms with E-state index >= 15 is 0 Å². The highest BCUT2D eigenvalue weighted by molar-refractivity contribution is 7.89. The van der Waals surface area contributed by atoms with Crippen LogP contribution < -0.4 is 9.64 Å². The van der Waals surface area contributed by atoms with Crippen LogP contribution >= 0.6 is 0 Å². The van der Waals surface area contributed by atoms with E-state index in [0.29, 0.717) is 30.4 Å². The second-order valence-electron chi connectivity index (χ2n) is 5.54. The SMILES string of the molecule is CCN(CC)c1cc(N=S(=O)(OF)C(F)F)c(N=Nc2n[nH]c(C)n2)cc1OC. The van der Waals surface area contributed by atoms with Gasteiger partial charge in [0.05, 0.1) is 12.8 Å². The van der Waals surface area contributed by atoms with Gasteiger partial charge in [-0.3, -0.25) is 5.10 Å². The van der Waals surface area contributed by atoms with Crippen molar-refractivity contribution in [2.24, 2.45) is 14.6 Å². The summed E-state index contributed by atoms with van der Waals surface area (Å²) in [5, 5.41) is 14.0. The van der Waals surface area contributed by atoms with Gasteiger partial charge in [0.25, 0.3) is 16.0 Å². The number of azo groups is 1. The predicted molar refractivity (Wildman–Crippen MR) is 100 cm³/mol. The number of aromatic amines is 1. The van der Waals surface area contributed by atoms with Crippen molar-refractivity contribution in [3.63, 3.8) is 0 Å². The highest BCUT2D eigenvalue weighted by Gasteiger charge is 2.26. The van der Waals surface area contributed by atoms with E-state index in [1.165, 1.54) is 19.2 Å². The summed E-state index contributed by atoms with van der Waals surface area (Å²) in [6, 6.07) is 2.64. The van der Waals surface area contributed by atoms with Crippen LogP contribution in [-0.2, 0) is 14.4 Å². The van der Waals surface area contributed by atoms with Crippen molar-refractivity contribution in [3.8, 4) is 5.75 Å². The topological polar surface area (TPSA) is 117 Å². The van der Waals surface area contributed by atoms with Gasteiger partial charge in [0, 0.05) is 19.2 Å². The summed E-state index contributed by atoms with van der Waals surface area (Å²) in [4.78, 5) is 5.76. The third kappa shape index (κ3) is 5.20. The van der Waals surface area contributed by atoms with Crippen LogP contribution in [0.2, 0.25) is 0 Å². The number of aryl methyl sites for hydroxylation is 1. The van der Waals surface area contributed by atoms with Crippen molar-refractivity contribution in [2.75, 3.05) is 25.1 Å². The standard InChI is InChI=1S/C15H20F3N7O3S/c1-5-25(6-2)12-7-11(24-29(26,28-18)14(16)17)10(8-13(12)27-4)21-23-15-19-9(3)20-22-15/h7-8,14H,5-6H2,1-4H3,(H,19,20,22). The summed E-state index contributed by atoms with van der Waals surface area (Å²) in [6.07, 6.45) is 0. The van der Waals surface area contributed by atoms with Crippen LogP contribution in [0.3, 0.4) is 0 Å². The van der Waals surface area contributed by atoms with Crippen LogP contribution in [0.4, 0.5) is 36.3 Å². The molecule has 0 bridgehead atoms. The molecule has 0 aliphatic rings. The zero-order valence-electron chi connectivity index (χ0n) is 16.1. The molecule has 1 aromatic carbocycles. The molecule has 2 aromatic rings. The largest absolute Gasteiger partial charge is 0.494 e. The molecule has 0 amide bonds. The number of H-pyrrole nitrogens is 1. The highest BCUT2D eigenvalue weighted by atomic mass is 32.2. The summed E-state index contributed by atoms with van der Waals surface area (Å²) in [5.74, 6) is -2.91. The first-order chi connectivity index (χ1) is 13.8. The number of aromatic nitrogens is 3. The molecule has 1 unspecified atom stereocenters. The molecular formula is C15H20F3N7O3S. The maximum absolute atomic E-state index is 13.0. The van der Waals surface area contributed by atoms with Gasteiger partial charge in [-0.15, -0.1) is 15.3 Å². The lowest BCUT2D eigenvalue weighted by molar-refractivity contribution is -0.000950. The molecule has 0 saturated heterocycles. The van der Waals surface area contributed by atoms with Gasteiger partial charge < -0.3 is 9.64 Å². The number of hydrogen-bond acceptors (Lipinski definition) is 9. The normalized spacial score (nSPS) is 13.7. The number of anilines is 1. The van der Waals surface area contributed by atoms with E-state index in [0.717, 1.165) is 0 Å². The molecular weight excluding hydrogens is 415 g/mol. The van der Waals surface area contributed by atoms with Crippen LogP contribution in [-0.4, -0.2) is 45.3 Å². The van der Waals surface area contributed by atoms with Gasteiger partial charge in [-0.2, -0.15) is 18.1 Å². The molecule has 2 rings (SSSR count). The van der Waals surface area contributed by atoms with Crippen LogP contribution in [0.15, 0.2) is 26.7 Å². The maximum atomic E-state index is 13.0. The Bertz CT molecular complexity index is 986. The molecule has 0 aliphatic carbocycles. The third-order valence-electron chi connectivity index (χ3n) is 3.75. The van der Waals surface area contributed by atoms with E-state index in [1.54, 1.807) is 6.92 Å². The number of alkyl halides is 2. The Morgan fingerprint density at radius 2 is 1.93 bits per heavy atom. The lowest BCUT2D eigenvalue weighted by Crippen LogP contribution is -2.22. The van der Waals surface area contributed by atoms with E-state index in [2.05, 4.69) is 34.2 Å². The Morgan fingerprint density at radius 1 is 1.24 bits per heavy atom. The molecule has 0 aliphatic heterocycles. The molecule has 0 spiro atoms. The number of rotatable bonds is 9. The fourth-order valence-electron chi connectivity index (χ4n) is 2.37. The summed E-state index contributed by atoms with van der Waals surface area (Å²) in [6.45, 7) is 6.48. The summed E-state index contributed by atoms with van der Waals surface area (Å²) >= 11 is 0. The Labute approximate surface area is 165 Å². The number of methoxy groups -OCH3 is 1. The number of nitrogens with one attached hydrogen (secondary N) is 1. The number of halogens is 3. The number of hydrogen-bond donors (Lipinski definition) is 1. The molecule has 1 N–H and O–H groups in total. The molecule has 10 nitrogen and oxygen atoms in total. The predicted octanol–water partition coefficient (Wildman–Crippen LogP) is 4.52. The van der Waals surface area contributed by atoms with E-state index in [1.807, 2.05) is 18.7 Å². The van der Waals surface area contributed by atoms with Gasteiger partial charge in [-0.25, -0.2) is 4.21 Å². The maximum Gasteiger partial charge on any atom is 0.345 e. The molecule has 160 valence electrons. The summed E-state index contributed by atoms with van der Waals surface area (Å²) < 4.78 is 62.3. The Morgan fingerprint density at radius 3 is 2.41 bits per heavy atom. The smallest absolute Gasteiger partial charge is 0.345 e. The molecule has 1 atom stereocenters. The number of nitrogens with zero attached hydrogens (tertiary/aromatic N) is 6. The quantitative estimate of drug-likeness (QED) is 0.579. The van der Waals surface area contributed by atoms with Crippen molar-refractivity contribution < 1.29 is 26.6 Å². The first kappa shape index (κ1) is 22.5. The Kier molecular flexibility index (Phi) is 7.50. The van der Waals surface area contributed by atoms with Crippen molar-refractivity contribution in [1.29, 1.82) is 0 Å². The van der Waals surface area contributed by atoms with Crippen molar-refractivity contribution >= 4 is 33.0 Å². The Balaban J connectivity index is 2.71. The lowest BCUT2D eigenvalue weighted by atomic mass is 10.2. The molecule has 0 saturated carbocycles. The van der Waals surface area contributed by atoms with Crippen molar-refractivity contribution in [2.45, 2.75) is 26.5 Å². The van der Waals surface area contributed by atoms with Gasteiger partial charge in [0.15, 0.2) is 0 Å². The zero-order valence-corrected chi connectivity index (χ0v) is 16.9. The fraction of sp³-hybridized carbons (Fsp3) is 0.467. The summed E-state index contributed by atoms with van der Waals surface area (Å²) in [7, 11) is -3.54. The zero-order chi connectivity index (χ0) is 21.6. The van der Waals surface area contributed by atoms with Crippen molar-refractivity contribution in [1.82, 2.24) is 15.2 Å². The second-order valence-corrected chi connectivity index (χ2v) is 7.23. The van der Waals surface area contributed by atoms with Crippen LogP contribution in [0.1, 0.15) is 19.7 Å². The van der Waals surface area contributed by atoms with Crippen LogP contribution in [0.25, 0.3) is 0 Å². The van der Waals surface area contributed by atoms with Gasteiger partial charge in [0.2, 0.25) is 0 Å². The average Bonchev–Trinajstić information content (AvgIpc) is 3.13. The molecule has 1 aromatic heterocycles. The third-order valence-corrected chi connectivity index (χ3v) is 4.84. The lowest BCUT2D eigenvalue weighted by Gasteiger charge is -2.24. The molecule has 0 radical (unpaired) electrons. The fourth-order valence-corrected chi connectivity index (χ4v) is 2.95. The minimum absolute atomic E-state index is 0.0310. The Hall–Kier alpha value is -2.74. The van der Waals surface area contributed by atoms with Crippen LogP contribution in [0.5, 0.6) is 5.75 Å². The van der Waals surface area contributed by atoms with Gasteiger partial charge in [0.1, 0.15) is 22.9 Å². The molecule has 29 heavy (non-hydrogen) atoms. The number of ether oxygens (including phenoxy) is 1. The van der Waals surface area contributed by atoms with Gasteiger partial charge >= 0.3 is 5.76 Å². The van der Waals surface area contributed by atoms with E-state index in [-0.39, 0.29) is 17.3 Å². The van der Waals surface area contributed by atoms with E-state index in [9.17, 15) is 17.5 Å². The monoisotopic (exact) mass is 435 g/mol. The number of benzene rings is 1. The van der Waals surface area contributed by atoms with Crippen LogP contribution in [0, 0.1) is 6.92 Å². The van der Waals surface area contributed by atoms with Gasteiger partial charge in [-0.1, -0.05) is 4.39 Å². The molecule has 1 heterocycles. The van der Waals surface area contributed by atoms with Gasteiger partial charge in [-0.05, 0) is 31.4 Å². The average molecular weight is 435 g/mol. The van der Waals surface area contributed by atoms with Crippen molar-refractivity contribution in [3.05, 3.63) is 18.0 Å². The highest BCUT2D eigenvalue weighted by Crippen LogP contribution is 2.41. The molecule has 0 fully saturated rings. The summed E-state index contributed by atoms with van der Waals surface area (Å²) in [5.41, 5.74) is 0.0103. The molecule has 14 heteroatoms. The first-order valence-corrected chi connectivity index (χ1v) is 9.90.